The van der Waals surface area contributed by atoms with Crippen LogP contribution in [0.5, 0.6) is 0 Å². The van der Waals surface area contributed by atoms with Gasteiger partial charge >= 0.3 is 5.97 Å². The van der Waals surface area contributed by atoms with Crippen molar-refractivity contribution in [1.82, 2.24) is 9.97 Å². The normalized spacial score (nSPS) is 11.8. The Balaban J connectivity index is 3.23. The number of ether oxygens (including phenoxy) is 2. The number of halogens is 2. The third kappa shape index (κ3) is 3.69. The van der Waals surface area contributed by atoms with Gasteiger partial charge in [-0.3, -0.25) is 0 Å². The van der Waals surface area contributed by atoms with Crippen molar-refractivity contribution >= 4 is 5.97 Å². The monoisotopic (exact) mass is 288 g/mol. The van der Waals surface area contributed by atoms with E-state index in [0.717, 1.165) is 6.20 Å². The number of carbonyl (C=O) groups is 1. The number of nitrogens with zero attached hydrogens (tertiary/aromatic N) is 2. The molecule has 0 radical (unpaired) electrons. The van der Waals surface area contributed by atoms with Crippen LogP contribution in [0.25, 0.3) is 0 Å². The van der Waals surface area contributed by atoms with Crippen molar-refractivity contribution in [2.24, 2.45) is 0 Å². The summed E-state index contributed by atoms with van der Waals surface area (Å²) in [5, 5.41) is 0. The second-order valence-electron chi connectivity index (χ2n) is 4.46. The maximum Gasteiger partial charge on any atom is 0.341 e. The molecular formula is C13H18F2N2O3. The Morgan fingerprint density at radius 1 is 1.35 bits per heavy atom. The summed E-state index contributed by atoms with van der Waals surface area (Å²) in [4.78, 5) is 19.3. The van der Waals surface area contributed by atoms with E-state index in [9.17, 15) is 13.6 Å². The molecule has 0 aromatic carbocycles. The molecule has 7 heteroatoms. The van der Waals surface area contributed by atoms with Crippen LogP contribution in [-0.4, -0.2) is 29.2 Å². The highest BCUT2D eigenvalue weighted by Gasteiger charge is 2.29. The van der Waals surface area contributed by atoms with E-state index in [4.69, 9.17) is 9.47 Å². The lowest BCUT2D eigenvalue weighted by molar-refractivity contribution is -0.0215. The highest BCUT2D eigenvalue weighted by molar-refractivity contribution is 5.90. The van der Waals surface area contributed by atoms with Gasteiger partial charge in [0.15, 0.2) is 5.82 Å². The predicted molar refractivity (Wildman–Crippen MR) is 67.6 cm³/mol. The first kappa shape index (κ1) is 16.4. The first-order valence-electron chi connectivity index (χ1n) is 6.30. The van der Waals surface area contributed by atoms with Gasteiger partial charge in [0, 0.05) is 12.8 Å². The number of rotatable bonds is 6. The Labute approximate surface area is 116 Å². The summed E-state index contributed by atoms with van der Waals surface area (Å²) in [6, 6.07) is 0. The maximum absolute atomic E-state index is 13.0. The van der Waals surface area contributed by atoms with Crippen LogP contribution in [0, 0.1) is 0 Å². The smallest absolute Gasteiger partial charge is 0.341 e. The van der Waals surface area contributed by atoms with E-state index in [1.54, 1.807) is 27.7 Å². The zero-order valence-corrected chi connectivity index (χ0v) is 11.9. The fraction of sp³-hybridized carbons (Fsp3) is 0.615. The number of esters is 1. The zero-order valence-electron chi connectivity index (χ0n) is 11.9. The lowest BCUT2D eigenvalue weighted by Crippen LogP contribution is -2.26. The van der Waals surface area contributed by atoms with E-state index in [1.165, 1.54) is 0 Å². The lowest BCUT2D eigenvalue weighted by Gasteiger charge is -2.23. The van der Waals surface area contributed by atoms with Crippen LogP contribution in [-0.2, 0) is 15.1 Å². The van der Waals surface area contributed by atoms with Gasteiger partial charge in [0.2, 0.25) is 0 Å². The van der Waals surface area contributed by atoms with Crippen LogP contribution in [0.2, 0.25) is 0 Å². The lowest BCUT2D eigenvalue weighted by atomic mass is 10.1. The third-order valence-corrected chi connectivity index (χ3v) is 2.56. The second-order valence-corrected chi connectivity index (χ2v) is 4.46. The average Bonchev–Trinajstić information content (AvgIpc) is 2.38. The predicted octanol–water partition coefficient (Wildman–Crippen LogP) is 2.86. The van der Waals surface area contributed by atoms with Crippen molar-refractivity contribution in [2.45, 2.75) is 39.7 Å². The molecule has 0 aliphatic carbocycles. The Hall–Kier alpha value is -1.63. The van der Waals surface area contributed by atoms with Crippen LogP contribution in [0.4, 0.5) is 8.78 Å². The summed E-state index contributed by atoms with van der Waals surface area (Å²) in [6.45, 7) is 7.19. The Bertz CT molecular complexity index is 479. The fourth-order valence-electron chi connectivity index (χ4n) is 1.64. The maximum atomic E-state index is 13.0. The minimum absolute atomic E-state index is 0.0910. The molecule has 1 rings (SSSR count). The number of hydrogen-bond acceptors (Lipinski definition) is 5. The number of carbonyl (C=O) groups excluding carboxylic acids is 1. The minimum atomic E-state index is -2.89. The second kappa shape index (κ2) is 6.69. The summed E-state index contributed by atoms with van der Waals surface area (Å²) in [7, 11) is 0. The van der Waals surface area contributed by atoms with Gasteiger partial charge in [0.25, 0.3) is 6.43 Å². The molecule has 0 aliphatic heterocycles. The van der Waals surface area contributed by atoms with Gasteiger partial charge in [-0.2, -0.15) is 0 Å². The molecule has 0 fully saturated rings. The van der Waals surface area contributed by atoms with Crippen LogP contribution >= 0.6 is 0 Å². The average molecular weight is 288 g/mol. The van der Waals surface area contributed by atoms with E-state index in [1.807, 2.05) is 0 Å². The van der Waals surface area contributed by atoms with Gasteiger partial charge in [-0.15, -0.1) is 0 Å². The van der Waals surface area contributed by atoms with Crippen LogP contribution in [0.1, 0.15) is 56.0 Å². The van der Waals surface area contributed by atoms with Crippen LogP contribution < -0.4 is 0 Å². The Morgan fingerprint density at radius 3 is 2.50 bits per heavy atom. The minimum Gasteiger partial charge on any atom is -0.462 e. The number of aromatic nitrogens is 2. The highest BCUT2D eigenvalue weighted by Crippen LogP contribution is 2.26. The summed E-state index contributed by atoms with van der Waals surface area (Å²) in [5.41, 5.74) is -1.87. The number of hydrogen-bond donors (Lipinski definition) is 0. The molecular weight excluding hydrogens is 270 g/mol. The molecule has 0 amide bonds. The van der Waals surface area contributed by atoms with Gasteiger partial charge in [-0.1, -0.05) is 0 Å². The largest absolute Gasteiger partial charge is 0.462 e. The number of alkyl halides is 2. The molecule has 0 aliphatic rings. The van der Waals surface area contributed by atoms with E-state index in [-0.39, 0.29) is 18.0 Å². The van der Waals surface area contributed by atoms with Crippen molar-refractivity contribution in [2.75, 3.05) is 13.2 Å². The first-order valence-corrected chi connectivity index (χ1v) is 6.30. The molecule has 1 aromatic heterocycles. The molecule has 0 atom stereocenters. The molecule has 5 nitrogen and oxygen atoms in total. The molecule has 0 unspecified atom stereocenters. The summed E-state index contributed by atoms with van der Waals surface area (Å²) in [6.07, 6.45) is -1.84. The first-order chi connectivity index (χ1) is 9.33. The molecule has 0 N–H and O–H groups in total. The summed E-state index contributed by atoms with van der Waals surface area (Å²) < 4.78 is 36.2. The molecule has 0 spiro atoms. The van der Waals surface area contributed by atoms with Gasteiger partial charge in [-0.25, -0.2) is 23.5 Å². The van der Waals surface area contributed by atoms with Crippen molar-refractivity contribution in [1.29, 1.82) is 0 Å². The quantitative estimate of drug-likeness (QED) is 0.753. The van der Waals surface area contributed by atoms with Gasteiger partial charge < -0.3 is 9.47 Å². The van der Waals surface area contributed by atoms with Crippen molar-refractivity contribution in [3.63, 3.8) is 0 Å². The molecule has 0 saturated heterocycles. The Kier molecular flexibility index (Phi) is 5.50. The summed E-state index contributed by atoms with van der Waals surface area (Å²) >= 11 is 0. The van der Waals surface area contributed by atoms with E-state index in [0.29, 0.717) is 6.61 Å². The fourth-order valence-corrected chi connectivity index (χ4v) is 1.64. The van der Waals surface area contributed by atoms with E-state index < -0.39 is 23.7 Å². The van der Waals surface area contributed by atoms with Crippen molar-refractivity contribution in [3.8, 4) is 0 Å². The standard InChI is InChI=1S/C13H18F2N2O3/c1-5-19-11(18)8-7-16-12(13(3,4)20-6-2)17-9(8)10(14)15/h7,10H,5-6H2,1-4H3. The SMILES string of the molecule is CCOC(=O)c1cnc(C(C)(C)OCC)nc1C(F)F. The molecule has 1 aromatic rings. The molecule has 0 saturated carbocycles. The van der Waals surface area contributed by atoms with Gasteiger partial charge in [0.1, 0.15) is 16.9 Å². The van der Waals surface area contributed by atoms with Crippen molar-refractivity contribution in [3.05, 3.63) is 23.3 Å². The molecule has 0 bridgehead atoms. The molecule has 20 heavy (non-hydrogen) atoms. The zero-order chi connectivity index (χ0) is 15.3. The molecule has 112 valence electrons. The van der Waals surface area contributed by atoms with Crippen LogP contribution in [0.3, 0.4) is 0 Å². The third-order valence-electron chi connectivity index (χ3n) is 2.56. The summed E-state index contributed by atoms with van der Waals surface area (Å²) in [5.74, 6) is -0.758. The van der Waals surface area contributed by atoms with Gasteiger partial charge in [-0.05, 0) is 27.7 Å². The van der Waals surface area contributed by atoms with Crippen LogP contribution in [0.15, 0.2) is 6.20 Å². The topological polar surface area (TPSA) is 61.3 Å². The van der Waals surface area contributed by atoms with Gasteiger partial charge in [0.05, 0.1) is 6.61 Å². The Morgan fingerprint density at radius 2 is 2.00 bits per heavy atom. The highest BCUT2D eigenvalue weighted by atomic mass is 19.3. The molecule has 1 heterocycles. The van der Waals surface area contributed by atoms with Crippen molar-refractivity contribution < 1.29 is 23.0 Å². The van der Waals surface area contributed by atoms with E-state index >= 15 is 0 Å². The van der Waals surface area contributed by atoms with E-state index in [2.05, 4.69) is 9.97 Å².